The second kappa shape index (κ2) is 5.80. The fourth-order valence-electron chi connectivity index (χ4n) is 1.23. The van der Waals surface area contributed by atoms with E-state index in [1.165, 1.54) is 6.07 Å². The smallest absolute Gasteiger partial charge is 0.224 e. The number of rotatable bonds is 4. The van der Waals surface area contributed by atoms with E-state index in [0.29, 0.717) is 23.0 Å². The van der Waals surface area contributed by atoms with Gasteiger partial charge in [0, 0.05) is 12.1 Å². The van der Waals surface area contributed by atoms with Crippen molar-refractivity contribution < 1.29 is 9.18 Å². The molecule has 0 aromatic heterocycles. The van der Waals surface area contributed by atoms with Crippen LogP contribution in [0.2, 0.25) is 0 Å². The van der Waals surface area contributed by atoms with Gasteiger partial charge in [0.2, 0.25) is 5.91 Å². The Morgan fingerprint density at radius 3 is 2.94 bits per heavy atom. The van der Waals surface area contributed by atoms with E-state index < -0.39 is 0 Å². The molecule has 16 heavy (non-hydrogen) atoms. The predicted octanol–water partition coefficient (Wildman–Crippen LogP) is 3.80. The Hall–Kier alpha value is -1.16. The molecule has 0 aliphatic rings. The Kier molecular flexibility index (Phi) is 4.68. The summed E-state index contributed by atoms with van der Waals surface area (Å²) in [5, 5.41) is 2.67. The maximum atomic E-state index is 13.2. The van der Waals surface area contributed by atoms with E-state index in [9.17, 15) is 9.18 Å². The van der Waals surface area contributed by atoms with Crippen LogP contribution in [0.15, 0.2) is 29.3 Å². The molecule has 0 atom stereocenters. The Balaban J connectivity index is 2.77. The number of carbonyl (C=O) groups is 1. The molecule has 4 heteroatoms. The van der Waals surface area contributed by atoms with Crippen LogP contribution in [-0.2, 0) is 4.79 Å². The highest BCUT2D eigenvalue weighted by molar-refractivity contribution is 9.10. The number of carbonyl (C=O) groups excluding carboxylic acids is 1. The summed E-state index contributed by atoms with van der Waals surface area (Å²) in [4.78, 5) is 11.4. The Labute approximate surface area is 103 Å². The second-order valence-electron chi connectivity index (χ2n) is 3.46. The fraction of sp³-hybridized carbons (Fsp3) is 0.250. The maximum absolute atomic E-state index is 13.2. The molecule has 2 nitrogen and oxygen atoms in total. The first kappa shape index (κ1) is 12.9. The Bertz CT molecular complexity index is 418. The van der Waals surface area contributed by atoms with Gasteiger partial charge in [-0.3, -0.25) is 4.79 Å². The number of benzene rings is 1. The highest BCUT2D eigenvalue weighted by Crippen LogP contribution is 2.24. The number of amides is 1. The van der Waals surface area contributed by atoms with Crippen molar-refractivity contribution >= 4 is 27.5 Å². The summed E-state index contributed by atoms with van der Waals surface area (Å²) in [6.45, 7) is 5.35. The van der Waals surface area contributed by atoms with E-state index in [1.54, 1.807) is 12.1 Å². The summed E-state index contributed by atoms with van der Waals surface area (Å²) < 4.78 is 13.6. The lowest BCUT2D eigenvalue weighted by molar-refractivity contribution is -0.116. The molecule has 0 bridgehead atoms. The van der Waals surface area contributed by atoms with Crippen LogP contribution in [-0.4, -0.2) is 5.91 Å². The van der Waals surface area contributed by atoms with E-state index in [4.69, 9.17) is 0 Å². The third-order valence-electron chi connectivity index (χ3n) is 2.12. The predicted molar refractivity (Wildman–Crippen MR) is 66.9 cm³/mol. The van der Waals surface area contributed by atoms with Crippen LogP contribution in [0.25, 0.3) is 0 Å². The van der Waals surface area contributed by atoms with Gasteiger partial charge in [-0.25, -0.2) is 4.39 Å². The molecule has 1 rings (SSSR count). The molecule has 0 saturated heterocycles. The van der Waals surface area contributed by atoms with Gasteiger partial charge in [0.1, 0.15) is 5.82 Å². The van der Waals surface area contributed by atoms with Crippen LogP contribution in [0.3, 0.4) is 0 Å². The van der Waals surface area contributed by atoms with E-state index in [1.807, 2.05) is 6.92 Å². The summed E-state index contributed by atoms with van der Waals surface area (Å²) in [6.07, 6.45) is 2.65. The molecule has 1 amide bonds. The maximum Gasteiger partial charge on any atom is 0.224 e. The number of hydrogen-bond donors (Lipinski definition) is 1. The highest BCUT2D eigenvalue weighted by atomic mass is 79.9. The molecular weight excluding hydrogens is 273 g/mol. The van der Waals surface area contributed by atoms with Gasteiger partial charge in [0.05, 0.1) is 4.47 Å². The summed E-state index contributed by atoms with van der Waals surface area (Å²) >= 11 is 3.09. The molecule has 0 unspecified atom stereocenters. The SMILES string of the molecule is C=CCCC(=O)Nc1cc(F)c(Br)cc1C. The molecule has 1 N–H and O–H groups in total. The average Bonchev–Trinajstić information content (AvgIpc) is 2.23. The zero-order chi connectivity index (χ0) is 12.1. The van der Waals surface area contributed by atoms with Crippen molar-refractivity contribution in [1.82, 2.24) is 0 Å². The minimum absolute atomic E-state index is 0.135. The quantitative estimate of drug-likeness (QED) is 0.838. The Morgan fingerprint density at radius 2 is 2.31 bits per heavy atom. The lowest BCUT2D eigenvalue weighted by atomic mass is 10.2. The van der Waals surface area contributed by atoms with Crippen LogP contribution >= 0.6 is 15.9 Å². The van der Waals surface area contributed by atoms with Gasteiger partial charge in [-0.1, -0.05) is 6.08 Å². The average molecular weight is 286 g/mol. The minimum Gasteiger partial charge on any atom is -0.326 e. The molecule has 0 aliphatic carbocycles. The van der Waals surface area contributed by atoms with Crippen LogP contribution in [0, 0.1) is 12.7 Å². The topological polar surface area (TPSA) is 29.1 Å². The molecule has 0 aliphatic heterocycles. The standard InChI is InChI=1S/C12H13BrFNO/c1-3-4-5-12(16)15-11-7-10(14)9(13)6-8(11)2/h3,6-7H,1,4-5H2,2H3,(H,15,16). The summed E-state index contributed by atoms with van der Waals surface area (Å²) in [5.74, 6) is -0.519. The van der Waals surface area contributed by atoms with Gasteiger partial charge in [-0.05, 0) is 47.0 Å². The fourth-order valence-corrected chi connectivity index (χ4v) is 1.68. The molecule has 0 spiro atoms. The number of hydrogen-bond acceptors (Lipinski definition) is 1. The molecule has 0 fully saturated rings. The van der Waals surface area contributed by atoms with Crippen LogP contribution in [0.4, 0.5) is 10.1 Å². The zero-order valence-corrected chi connectivity index (χ0v) is 10.6. The van der Waals surface area contributed by atoms with Crippen molar-refractivity contribution in [2.45, 2.75) is 19.8 Å². The minimum atomic E-state index is -0.385. The molecule has 0 heterocycles. The molecule has 0 radical (unpaired) electrons. The lowest BCUT2D eigenvalue weighted by Gasteiger charge is -2.08. The summed E-state index contributed by atoms with van der Waals surface area (Å²) in [7, 11) is 0. The highest BCUT2D eigenvalue weighted by Gasteiger charge is 2.07. The second-order valence-corrected chi connectivity index (χ2v) is 4.31. The largest absolute Gasteiger partial charge is 0.326 e. The van der Waals surface area contributed by atoms with Crippen molar-refractivity contribution in [3.63, 3.8) is 0 Å². The van der Waals surface area contributed by atoms with Gasteiger partial charge in [-0.2, -0.15) is 0 Å². The summed E-state index contributed by atoms with van der Waals surface area (Å²) in [5.41, 5.74) is 1.33. The molecule has 1 aromatic rings. The normalized spacial score (nSPS) is 9.94. The van der Waals surface area contributed by atoms with Gasteiger partial charge in [0.15, 0.2) is 0 Å². The molecular formula is C12H13BrFNO. The molecule has 1 aromatic carbocycles. The van der Waals surface area contributed by atoms with Crippen molar-refractivity contribution in [3.05, 3.63) is 40.6 Å². The van der Waals surface area contributed by atoms with Crippen molar-refractivity contribution in [2.75, 3.05) is 5.32 Å². The first-order chi connectivity index (χ1) is 7.54. The zero-order valence-electron chi connectivity index (χ0n) is 9.02. The lowest BCUT2D eigenvalue weighted by Crippen LogP contribution is -2.12. The van der Waals surface area contributed by atoms with E-state index >= 15 is 0 Å². The Morgan fingerprint density at radius 1 is 1.62 bits per heavy atom. The number of nitrogens with one attached hydrogen (secondary N) is 1. The van der Waals surface area contributed by atoms with Gasteiger partial charge in [0.25, 0.3) is 0 Å². The monoisotopic (exact) mass is 285 g/mol. The van der Waals surface area contributed by atoms with Crippen LogP contribution < -0.4 is 5.32 Å². The van der Waals surface area contributed by atoms with Crippen molar-refractivity contribution in [2.24, 2.45) is 0 Å². The first-order valence-electron chi connectivity index (χ1n) is 4.91. The van der Waals surface area contributed by atoms with Gasteiger partial charge >= 0.3 is 0 Å². The van der Waals surface area contributed by atoms with Crippen LogP contribution in [0.5, 0.6) is 0 Å². The van der Waals surface area contributed by atoms with E-state index in [2.05, 4.69) is 27.8 Å². The number of allylic oxidation sites excluding steroid dienone is 1. The number of halogens is 2. The van der Waals surface area contributed by atoms with Crippen molar-refractivity contribution in [3.8, 4) is 0 Å². The third-order valence-corrected chi connectivity index (χ3v) is 2.72. The van der Waals surface area contributed by atoms with E-state index in [0.717, 1.165) is 5.56 Å². The molecule has 86 valence electrons. The third kappa shape index (κ3) is 3.45. The van der Waals surface area contributed by atoms with Gasteiger partial charge in [-0.15, -0.1) is 6.58 Å². The molecule has 0 saturated carbocycles. The number of aryl methyl sites for hydroxylation is 1. The van der Waals surface area contributed by atoms with Crippen LogP contribution in [0.1, 0.15) is 18.4 Å². The van der Waals surface area contributed by atoms with Crippen molar-refractivity contribution in [1.29, 1.82) is 0 Å². The van der Waals surface area contributed by atoms with Gasteiger partial charge < -0.3 is 5.32 Å². The summed E-state index contributed by atoms with van der Waals surface area (Å²) in [6, 6.07) is 2.95. The number of anilines is 1. The van der Waals surface area contributed by atoms with E-state index in [-0.39, 0.29) is 11.7 Å². The first-order valence-corrected chi connectivity index (χ1v) is 5.70.